The number of amides is 2. The second-order valence-electron chi connectivity index (χ2n) is 15.8. The molecule has 2 heterocycles. The number of likely N-dealkylation sites (tertiary alicyclic amines) is 2. The van der Waals surface area contributed by atoms with Gasteiger partial charge in [0, 0.05) is 55.3 Å². The van der Waals surface area contributed by atoms with Crippen molar-refractivity contribution in [3.05, 3.63) is 69.2 Å². The number of aryl methyl sites for hydroxylation is 1. The van der Waals surface area contributed by atoms with Crippen LogP contribution in [0.15, 0.2) is 30.3 Å². The first kappa shape index (κ1) is 33.8. The molecule has 1 N–H and O–H groups in total. The van der Waals surface area contributed by atoms with Crippen LogP contribution in [-0.4, -0.2) is 59.9 Å². The molecule has 0 saturated carbocycles. The minimum Gasteiger partial charge on any atom is -0.355 e. The molecule has 0 aromatic heterocycles. The largest absolute Gasteiger partial charge is 0.355 e. The van der Waals surface area contributed by atoms with Crippen molar-refractivity contribution in [2.24, 2.45) is 17.3 Å². The fourth-order valence-electron chi connectivity index (χ4n) is 7.97. The summed E-state index contributed by atoms with van der Waals surface area (Å²) >= 11 is 6.71. The van der Waals surface area contributed by atoms with Crippen molar-refractivity contribution in [2.45, 2.75) is 97.4 Å². The van der Waals surface area contributed by atoms with Crippen molar-refractivity contribution < 1.29 is 18.4 Å². The number of carbonyl (C=O) groups is 2. The average Bonchev–Trinajstić information content (AvgIpc) is 3.53. The molecule has 5 nitrogen and oxygen atoms in total. The Morgan fingerprint density at radius 2 is 1.69 bits per heavy atom. The van der Waals surface area contributed by atoms with Crippen molar-refractivity contribution in [3.63, 3.8) is 0 Å². The smallest absolute Gasteiger partial charge is 0.227 e. The Kier molecular flexibility index (Phi) is 9.22. The fraction of sp³-hybridized carbons (Fsp3) is 0.622. The van der Waals surface area contributed by atoms with Gasteiger partial charge in [0.1, 0.15) is 11.6 Å². The highest BCUT2D eigenvalue weighted by Gasteiger charge is 2.53. The molecule has 5 rings (SSSR count). The summed E-state index contributed by atoms with van der Waals surface area (Å²) in [5.74, 6) is -1.48. The molecule has 0 unspecified atom stereocenters. The number of piperidine rings is 1. The number of halogens is 3. The maximum Gasteiger partial charge on any atom is 0.227 e. The number of carbonyl (C=O) groups excluding carboxylic acids is 2. The molecular formula is C37H50ClF2N3O2. The molecule has 3 atom stereocenters. The van der Waals surface area contributed by atoms with Gasteiger partial charge in [-0.05, 0) is 98.6 Å². The fourth-order valence-corrected chi connectivity index (χ4v) is 8.13. The zero-order valence-electron chi connectivity index (χ0n) is 28.2. The molecule has 0 radical (unpaired) electrons. The standard InChI is InChI=1S/C37H50ClF2N3O2/c1-22(2)19-41-34(45)36(7,8)30-18-37(29-17-31(38)23(3)15-26(29)30)11-13-42(14-12-37)33(44)28-21-43(35(4,5)6)20-27(28)25-10-9-24(39)16-32(25)40/h9-10,15-17,22,27-28,30H,11-14,18-21H2,1-8H3,(H,41,45)/t27-,28+,30-/m0/s1. The number of benzene rings is 2. The summed E-state index contributed by atoms with van der Waals surface area (Å²) in [6.45, 7) is 19.5. The van der Waals surface area contributed by atoms with E-state index in [0.29, 0.717) is 44.2 Å². The van der Waals surface area contributed by atoms with Crippen LogP contribution in [0.2, 0.25) is 5.02 Å². The van der Waals surface area contributed by atoms with E-state index in [-0.39, 0.29) is 34.6 Å². The van der Waals surface area contributed by atoms with Crippen LogP contribution in [0.1, 0.15) is 102 Å². The molecule has 2 aromatic carbocycles. The molecule has 8 heteroatoms. The molecule has 2 saturated heterocycles. The maximum atomic E-state index is 15.1. The van der Waals surface area contributed by atoms with Gasteiger partial charge in [-0.2, -0.15) is 0 Å². The van der Waals surface area contributed by atoms with Crippen LogP contribution >= 0.6 is 11.6 Å². The van der Waals surface area contributed by atoms with E-state index in [1.165, 1.54) is 23.3 Å². The van der Waals surface area contributed by atoms with E-state index in [0.717, 1.165) is 35.9 Å². The summed E-state index contributed by atoms with van der Waals surface area (Å²) in [6, 6.07) is 8.00. The first-order valence-corrected chi connectivity index (χ1v) is 16.9. The van der Waals surface area contributed by atoms with Gasteiger partial charge in [0.25, 0.3) is 0 Å². The van der Waals surface area contributed by atoms with Gasteiger partial charge in [0.05, 0.1) is 11.3 Å². The number of nitrogens with zero attached hydrogens (tertiary/aromatic N) is 2. The van der Waals surface area contributed by atoms with Crippen LogP contribution in [0, 0.1) is 35.8 Å². The Labute approximate surface area is 273 Å². The van der Waals surface area contributed by atoms with E-state index >= 15 is 4.39 Å². The second-order valence-corrected chi connectivity index (χ2v) is 16.2. The van der Waals surface area contributed by atoms with E-state index in [9.17, 15) is 14.0 Å². The van der Waals surface area contributed by atoms with Crippen molar-refractivity contribution in [3.8, 4) is 0 Å². The predicted octanol–water partition coefficient (Wildman–Crippen LogP) is 7.59. The van der Waals surface area contributed by atoms with E-state index in [1.807, 2.05) is 11.8 Å². The SMILES string of the molecule is Cc1cc2c(cc1Cl)C1(CCN(C(=O)[C@@H]3CN(C(C)(C)C)C[C@H]3c3ccc(F)cc3F)CC1)C[C@@H]2C(C)(C)C(=O)NCC(C)C. The van der Waals surface area contributed by atoms with Gasteiger partial charge in [0.2, 0.25) is 11.8 Å². The zero-order chi connectivity index (χ0) is 33.1. The monoisotopic (exact) mass is 641 g/mol. The Bertz CT molecular complexity index is 1460. The molecular weight excluding hydrogens is 592 g/mol. The lowest BCUT2D eigenvalue weighted by Crippen LogP contribution is -2.48. The third kappa shape index (κ3) is 6.41. The summed E-state index contributed by atoms with van der Waals surface area (Å²) in [6.07, 6.45) is 2.38. The topological polar surface area (TPSA) is 52.7 Å². The number of rotatable bonds is 6. The van der Waals surface area contributed by atoms with Crippen LogP contribution < -0.4 is 5.32 Å². The van der Waals surface area contributed by atoms with Crippen LogP contribution in [0.25, 0.3) is 0 Å². The highest BCUT2D eigenvalue weighted by Crippen LogP contribution is 2.58. The van der Waals surface area contributed by atoms with Crippen LogP contribution in [0.4, 0.5) is 8.78 Å². The van der Waals surface area contributed by atoms with Gasteiger partial charge in [-0.25, -0.2) is 8.78 Å². The third-order valence-corrected chi connectivity index (χ3v) is 11.4. The van der Waals surface area contributed by atoms with Gasteiger partial charge in [-0.1, -0.05) is 51.4 Å². The van der Waals surface area contributed by atoms with E-state index in [1.54, 1.807) is 0 Å². The van der Waals surface area contributed by atoms with Crippen molar-refractivity contribution in [1.29, 1.82) is 0 Å². The lowest BCUT2D eigenvalue weighted by Gasteiger charge is -2.42. The first-order chi connectivity index (χ1) is 20.9. The van der Waals surface area contributed by atoms with E-state index in [4.69, 9.17) is 11.6 Å². The number of hydrogen-bond donors (Lipinski definition) is 1. The second kappa shape index (κ2) is 12.3. The highest BCUT2D eigenvalue weighted by atomic mass is 35.5. The third-order valence-electron chi connectivity index (χ3n) is 11.0. The van der Waals surface area contributed by atoms with Crippen LogP contribution in [0.5, 0.6) is 0 Å². The molecule has 2 aliphatic heterocycles. The van der Waals surface area contributed by atoms with Gasteiger partial charge in [0.15, 0.2) is 0 Å². The summed E-state index contributed by atoms with van der Waals surface area (Å²) in [5, 5.41) is 3.90. The van der Waals surface area contributed by atoms with Crippen molar-refractivity contribution in [1.82, 2.24) is 15.1 Å². The number of hydrogen-bond acceptors (Lipinski definition) is 3. The summed E-state index contributed by atoms with van der Waals surface area (Å²) in [7, 11) is 0. The quantitative estimate of drug-likeness (QED) is 0.354. The van der Waals surface area contributed by atoms with Gasteiger partial charge in [-0.3, -0.25) is 14.5 Å². The molecule has 1 aliphatic carbocycles. The van der Waals surface area contributed by atoms with Gasteiger partial charge < -0.3 is 10.2 Å². The summed E-state index contributed by atoms with van der Waals surface area (Å²) < 4.78 is 28.9. The molecule has 2 fully saturated rings. The maximum absolute atomic E-state index is 15.1. The Morgan fingerprint density at radius 3 is 2.29 bits per heavy atom. The molecule has 45 heavy (non-hydrogen) atoms. The zero-order valence-corrected chi connectivity index (χ0v) is 29.0. The molecule has 3 aliphatic rings. The minimum atomic E-state index is -0.618. The molecule has 1 spiro atoms. The lowest BCUT2D eigenvalue weighted by atomic mass is 9.69. The summed E-state index contributed by atoms with van der Waals surface area (Å²) in [4.78, 5) is 32.0. The van der Waals surface area contributed by atoms with Crippen molar-refractivity contribution in [2.75, 3.05) is 32.7 Å². The van der Waals surface area contributed by atoms with Gasteiger partial charge in [-0.15, -0.1) is 0 Å². The normalized spacial score (nSPS) is 23.6. The Hall–Kier alpha value is -2.51. The van der Waals surface area contributed by atoms with Gasteiger partial charge >= 0.3 is 0 Å². The van der Waals surface area contributed by atoms with Crippen LogP contribution in [-0.2, 0) is 15.0 Å². The molecule has 2 aromatic rings. The molecule has 2 amide bonds. The highest BCUT2D eigenvalue weighted by molar-refractivity contribution is 6.31. The van der Waals surface area contributed by atoms with Crippen LogP contribution in [0.3, 0.4) is 0 Å². The minimum absolute atomic E-state index is 0.0267. The average molecular weight is 642 g/mol. The first-order valence-electron chi connectivity index (χ1n) is 16.5. The predicted molar refractivity (Wildman–Crippen MR) is 177 cm³/mol. The molecule has 0 bridgehead atoms. The summed E-state index contributed by atoms with van der Waals surface area (Å²) in [5.41, 5.74) is 2.84. The van der Waals surface area contributed by atoms with E-state index in [2.05, 4.69) is 70.8 Å². The Balaban J connectivity index is 1.39. The lowest BCUT2D eigenvalue weighted by molar-refractivity contribution is -0.137. The molecule has 246 valence electrons. The number of fused-ring (bicyclic) bond motifs is 2. The van der Waals surface area contributed by atoms with E-state index < -0.39 is 23.0 Å². The van der Waals surface area contributed by atoms with Crippen molar-refractivity contribution >= 4 is 23.4 Å². The Morgan fingerprint density at radius 1 is 1.02 bits per heavy atom. The number of nitrogens with one attached hydrogen (secondary N) is 1.